The number of aromatic nitrogens is 2. The van der Waals surface area contributed by atoms with E-state index in [4.69, 9.17) is 0 Å². The molecule has 0 amide bonds. The normalized spacial score (nSPS) is 15.7. The van der Waals surface area contributed by atoms with E-state index in [-0.39, 0.29) is 5.56 Å². The Morgan fingerprint density at radius 1 is 0.967 bits per heavy atom. The second-order valence-electron chi connectivity index (χ2n) is 7.52. The monoisotopic (exact) mass is 416 g/mol. The molecule has 2 aromatic carbocycles. The number of halogens is 3. The molecule has 0 radical (unpaired) electrons. The zero-order valence-corrected chi connectivity index (χ0v) is 16.7. The number of rotatable bonds is 4. The Labute approximate surface area is 172 Å². The van der Waals surface area contributed by atoms with Gasteiger partial charge in [0.1, 0.15) is 5.69 Å². The van der Waals surface area contributed by atoms with Crippen LogP contribution in [0.1, 0.15) is 11.3 Å². The molecule has 0 N–H and O–H groups in total. The van der Waals surface area contributed by atoms with Crippen molar-refractivity contribution in [2.75, 3.05) is 37.6 Å². The first-order valence-corrected chi connectivity index (χ1v) is 9.94. The third-order valence-corrected chi connectivity index (χ3v) is 5.57. The van der Waals surface area contributed by atoms with Gasteiger partial charge in [0.2, 0.25) is 0 Å². The Morgan fingerprint density at radius 3 is 2.43 bits per heavy atom. The SMILES string of the molecule is Cc1nc2ccccc2n(CCN2CCN(c3cccc(C(F)(F)F)c3)CC2)c1=O. The number of hydrogen-bond donors (Lipinski definition) is 0. The molecule has 5 nitrogen and oxygen atoms in total. The van der Waals surface area contributed by atoms with Crippen molar-refractivity contribution in [3.05, 3.63) is 70.1 Å². The average molecular weight is 416 g/mol. The van der Waals surface area contributed by atoms with Crippen LogP contribution in [-0.2, 0) is 12.7 Å². The molecule has 2 heterocycles. The molecule has 0 aliphatic carbocycles. The second kappa shape index (κ2) is 8.10. The molecule has 158 valence electrons. The number of nitrogens with zero attached hydrogens (tertiary/aromatic N) is 4. The summed E-state index contributed by atoms with van der Waals surface area (Å²) < 4.78 is 40.7. The molecule has 0 saturated carbocycles. The Bertz CT molecular complexity index is 1100. The van der Waals surface area contributed by atoms with Gasteiger partial charge >= 0.3 is 6.18 Å². The number of fused-ring (bicyclic) bond motifs is 1. The predicted octanol–water partition coefficient (Wildman–Crippen LogP) is 3.55. The number of para-hydroxylation sites is 2. The van der Waals surface area contributed by atoms with E-state index in [0.29, 0.717) is 37.6 Å². The summed E-state index contributed by atoms with van der Waals surface area (Å²) in [6.07, 6.45) is -4.34. The molecule has 1 aliphatic heterocycles. The Kier molecular flexibility index (Phi) is 5.51. The maximum atomic E-state index is 13.0. The Hall–Kier alpha value is -2.87. The average Bonchev–Trinajstić information content (AvgIpc) is 2.74. The van der Waals surface area contributed by atoms with Gasteiger partial charge in [-0.05, 0) is 37.3 Å². The van der Waals surface area contributed by atoms with Gasteiger partial charge < -0.3 is 9.47 Å². The van der Waals surface area contributed by atoms with Gasteiger partial charge in [-0.1, -0.05) is 18.2 Å². The summed E-state index contributed by atoms with van der Waals surface area (Å²) in [5.41, 5.74) is 1.97. The molecule has 1 fully saturated rings. The number of hydrogen-bond acceptors (Lipinski definition) is 4. The molecule has 1 saturated heterocycles. The van der Waals surface area contributed by atoms with Crippen molar-refractivity contribution in [1.82, 2.24) is 14.5 Å². The molecule has 4 rings (SSSR count). The van der Waals surface area contributed by atoms with Crippen LogP contribution in [0.25, 0.3) is 11.0 Å². The van der Waals surface area contributed by atoms with E-state index in [9.17, 15) is 18.0 Å². The quantitative estimate of drug-likeness (QED) is 0.653. The highest BCUT2D eigenvalue weighted by atomic mass is 19.4. The van der Waals surface area contributed by atoms with E-state index >= 15 is 0 Å². The van der Waals surface area contributed by atoms with Crippen LogP contribution in [0.3, 0.4) is 0 Å². The molecule has 8 heteroatoms. The fraction of sp³-hybridized carbons (Fsp3) is 0.364. The lowest BCUT2D eigenvalue weighted by molar-refractivity contribution is -0.137. The van der Waals surface area contributed by atoms with Crippen molar-refractivity contribution in [3.63, 3.8) is 0 Å². The van der Waals surface area contributed by atoms with Crippen molar-refractivity contribution < 1.29 is 13.2 Å². The summed E-state index contributed by atoms with van der Waals surface area (Å²) in [4.78, 5) is 21.2. The van der Waals surface area contributed by atoms with Gasteiger partial charge in [-0.15, -0.1) is 0 Å². The van der Waals surface area contributed by atoms with Gasteiger partial charge in [-0.2, -0.15) is 13.2 Å². The van der Waals surface area contributed by atoms with Gasteiger partial charge in [0, 0.05) is 45.0 Å². The third kappa shape index (κ3) is 4.18. The van der Waals surface area contributed by atoms with Crippen LogP contribution in [-0.4, -0.2) is 47.2 Å². The number of piperazine rings is 1. The topological polar surface area (TPSA) is 41.4 Å². The molecule has 0 bridgehead atoms. The standard InChI is InChI=1S/C22H23F3N4O/c1-16-21(30)29(20-8-3-2-7-19(20)26-16)14-11-27-9-12-28(13-10-27)18-6-4-5-17(15-18)22(23,24)25/h2-8,15H,9-14H2,1H3. The van der Waals surface area contributed by atoms with Crippen molar-refractivity contribution in [2.24, 2.45) is 0 Å². The van der Waals surface area contributed by atoms with Gasteiger partial charge in [-0.3, -0.25) is 9.69 Å². The first-order chi connectivity index (χ1) is 14.3. The fourth-order valence-corrected chi connectivity index (χ4v) is 3.89. The molecular weight excluding hydrogens is 393 g/mol. The van der Waals surface area contributed by atoms with Gasteiger partial charge in [0.05, 0.1) is 16.6 Å². The first-order valence-electron chi connectivity index (χ1n) is 9.94. The number of aryl methyl sites for hydroxylation is 1. The van der Waals surface area contributed by atoms with Crippen molar-refractivity contribution in [1.29, 1.82) is 0 Å². The number of anilines is 1. The van der Waals surface area contributed by atoms with Crippen LogP contribution in [0.15, 0.2) is 53.3 Å². The lowest BCUT2D eigenvalue weighted by atomic mass is 10.1. The van der Waals surface area contributed by atoms with E-state index in [1.54, 1.807) is 17.6 Å². The van der Waals surface area contributed by atoms with Gasteiger partial charge in [-0.25, -0.2) is 4.98 Å². The molecule has 1 aromatic heterocycles. The third-order valence-electron chi connectivity index (χ3n) is 5.57. The van der Waals surface area contributed by atoms with Gasteiger partial charge in [0.15, 0.2) is 0 Å². The lowest BCUT2D eigenvalue weighted by Gasteiger charge is -2.36. The van der Waals surface area contributed by atoms with Crippen LogP contribution in [0.4, 0.5) is 18.9 Å². The molecule has 1 aliphatic rings. The van der Waals surface area contributed by atoms with Crippen LogP contribution >= 0.6 is 0 Å². The summed E-state index contributed by atoms with van der Waals surface area (Å²) in [6, 6.07) is 13.1. The minimum Gasteiger partial charge on any atom is -0.369 e. The molecule has 0 spiro atoms. The maximum Gasteiger partial charge on any atom is 0.416 e. The maximum absolute atomic E-state index is 13.0. The number of benzene rings is 2. The summed E-state index contributed by atoms with van der Waals surface area (Å²) in [6.45, 7) is 5.72. The minimum absolute atomic E-state index is 0.0868. The van der Waals surface area contributed by atoms with E-state index in [0.717, 1.165) is 30.2 Å². The minimum atomic E-state index is -4.34. The van der Waals surface area contributed by atoms with Crippen LogP contribution in [0, 0.1) is 6.92 Å². The van der Waals surface area contributed by atoms with Crippen molar-refractivity contribution in [3.8, 4) is 0 Å². The van der Waals surface area contributed by atoms with Crippen LogP contribution < -0.4 is 10.5 Å². The zero-order chi connectivity index (χ0) is 21.3. The zero-order valence-electron chi connectivity index (χ0n) is 16.7. The van der Waals surface area contributed by atoms with Crippen molar-refractivity contribution >= 4 is 16.7 Å². The van der Waals surface area contributed by atoms with Crippen molar-refractivity contribution in [2.45, 2.75) is 19.6 Å². The molecule has 3 aromatic rings. The fourth-order valence-electron chi connectivity index (χ4n) is 3.89. The van der Waals surface area contributed by atoms with Gasteiger partial charge in [0.25, 0.3) is 5.56 Å². The van der Waals surface area contributed by atoms with E-state index in [2.05, 4.69) is 9.88 Å². The van der Waals surface area contributed by atoms with E-state index in [1.807, 2.05) is 29.2 Å². The lowest BCUT2D eigenvalue weighted by Crippen LogP contribution is -2.47. The highest BCUT2D eigenvalue weighted by Gasteiger charge is 2.31. The summed E-state index contributed by atoms with van der Waals surface area (Å²) in [7, 11) is 0. The van der Waals surface area contributed by atoms with Crippen LogP contribution in [0.5, 0.6) is 0 Å². The number of alkyl halides is 3. The summed E-state index contributed by atoms with van der Waals surface area (Å²) in [5.74, 6) is 0. The first kappa shape index (κ1) is 20.4. The smallest absolute Gasteiger partial charge is 0.369 e. The molecular formula is C22H23F3N4O. The molecule has 0 unspecified atom stereocenters. The summed E-state index contributed by atoms with van der Waals surface area (Å²) >= 11 is 0. The highest BCUT2D eigenvalue weighted by Crippen LogP contribution is 2.31. The molecule has 0 atom stereocenters. The van der Waals surface area contributed by atoms with E-state index in [1.165, 1.54) is 12.1 Å². The predicted molar refractivity (Wildman–Crippen MR) is 111 cm³/mol. The van der Waals surface area contributed by atoms with Crippen LogP contribution in [0.2, 0.25) is 0 Å². The summed E-state index contributed by atoms with van der Waals surface area (Å²) in [5, 5.41) is 0. The Morgan fingerprint density at radius 2 is 1.70 bits per heavy atom. The van der Waals surface area contributed by atoms with E-state index < -0.39 is 11.7 Å². The molecule has 30 heavy (non-hydrogen) atoms. The second-order valence-corrected chi connectivity index (χ2v) is 7.52. The highest BCUT2D eigenvalue weighted by molar-refractivity contribution is 5.74. The Balaban J connectivity index is 1.41. The largest absolute Gasteiger partial charge is 0.416 e.